The number of hydrogen-bond donors (Lipinski definition) is 1. The van der Waals surface area contributed by atoms with Crippen LogP contribution in [-0.2, 0) is 16.1 Å². The van der Waals surface area contributed by atoms with E-state index in [0.29, 0.717) is 24.6 Å². The van der Waals surface area contributed by atoms with E-state index in [1.165, 1.54) is 0 Å². The second-order valence-corrected chi connectivity index (χ2v) is 7.50. The van der Waals surface area contributed by atoms with Crippen LogP contribution in [0.25, 0.3) is 0 Å². The summed E-state index contributed by atoms with van der Waals surface area (Å²) < 4.78 is 10.5. The number of thioether (sulfide) groups is 1. The van der Waals surface area contributed by atoms with Crippen molar-refractivity contribution in [3.05, 3.63) is 48.0 Å². The van der Waals surface area contributed by atoms with Crippen LogP contribution in [0.15, 0.2) is 47.4 Å². The molecule has 1 heterocycles. The molecule has 0 unspecified atom stereocenters. The zero-order valence-electron chi connectivity index (χ0n) is 16.1. The van der Waals surface area contributed by atoms with Gasteiger partial charge >= 0.3 is 0 Å². The Labute approximate surface area is 169 Å². The molecule has 2 amide bonds. The molecule has 0 spiro atoms. The van der Waals surface area contributed by atoms with Crippen molar-refractivity contribution in [2.75, 3.05) is 31.4 Å². The molecule has 1 aliphatic rings. The SMILES string of the molecule is COc1cc(CNC(=O)CCC(=O)N2CCSc3ccccc32)cc(OC)c1. The van der Waals surface area contributed by atoms with Gasteiger partial charge in [-0.15, -0.1) is 11.8 Å². The summed E-state index contributed by atoms with van der Waals surface area (Å²) >= 11 is 1.75. The predicted molar refractivity (Wildman–Crippen MR) is 110 cm³/mol. The predicted octanol–water partition coefficient (Wildman–Crippen LogP) is 3.24. The maximum Gasteiger partial charge on any atom is 0.227 e. The van der Waals surface area contributed by atoms with Crippen LogP contribution in [0.1, 0.15) is 18.4 Å². The van der Waals surface area contributed by atoms with E-state index in [0.717, 1.165) is 21.9 Å². The lowest BCUT2D eigenvalue weighted by Gasteiger charge is -2.29. The molecule has 7 heteroatoms. The third-order valence-corrected chi connectivity index (χ3v) is 5.54. The van der Waals surface area contributed by atoms with E-state index < -0.39 is 0 Å². The number of anilines is 1. The summed E-state index contributed by atoms with van der Waals surface area (Å²) in [7, 11) is 3.17. The number of carbonyl (C=O) groups excluding carboxylic acids is 2. The van der Waals surface area contributed by atoms with Gasteiger partial charge in [0.1, 0.15) is 11.5 Å². The first kappa shape index (κ1) is 20.1. The lowest BCUT2D eigenvalue weighted by atomic mass is 10.2. The molecule has 0 saturated carbocycles. The van der Waals surface area contributed by atoms with Crippen LogP contribution >= 0.6 is 11.8 Å². The lowest BCUT2D eigenvalue weighted by molar-refractivity contribution is -0.125. The molecule has 0 aliphatic carbocycles. The standard InChI is InChI=1S/C21H24N2O4S/c1-26-16-11-15(12-17(13-16)27-2)14-22-20(24)7-8-21(25)23-9-10-28-19-6-4-3-5-18(19)23/h3-6,11-13H,7-10,14H2,1-2H3,(H,22,24). The fraction of sp³-hybridized carbons (Fsp3) is 0.333. The molecule has 1 aliphatic heterocycles. The van der Waals surface area contributed by atoms with Crippen molar-refractivity contribution in [1.82, 2.24) is 5.32 Å². The normalized spacial score (nSPS) is 12.9. The Balaban J connectivity index is 1.52. The summed E-state index contributed by atoms with van der Waals surface area (Å²) in [5, 5.41) is 2.85. The van der Waals surface area contributed by atoms with Crippen LogP contribution in [0.4, 0.5) is 5.69 Å². The van der Waals surface area contributed by atoms with Crippen molar-refractivity contribution in [2.45, 2.75) is 24.3 Å². The van der Waals surface area contributed by atoms with Crippen molar-refractivity contribution in [2.24, 2.45) is 0 Å². The van der Waals surface area contributed by atoms with Crippen molar-refractivity contribution < 1.29 is 19.1 Å². The number of benzene rings is 2. The van der Waals surface area contributed by atoms with E-state index in [1.54, 1.807) is 36.9 Å². The molecule has 2 aromatic rings. The van der Waals surface area contributed by atoms with E-state index in [2.05, 4.69) is 5.32 Å². The van der Waals surface area contributed by atoms with E-state index in [1.807, 2.05) is 36.4 Å². The Morgan fingerprint density at radius 1 is 1.07 bits per heavy atom. The number of hydrogen-bond acceptors (Lipinski definition) is 5. The molecule has 148 valence electrons. The van der Waals surface area contributed by atoms with Crippen LogP contribution in [0.3, 0.4) is 0 Å². The van der Waals surface area contributed by atoms with Crippen LogP contribution in [0.2, 0.25) is 0 Å². The molecule has 28 heavy (non-hydrogen) atoms. The van der Waals surface area contributed by atoms with Crippen LogP contribution in [0.5, 0.6) is 11.5 Å². The second-order valence-electron chi connectivity index (χ2n) is 6.36. The first-order valence-corrected chi connectivity index (χ1v) is 10.1. The van der Waals surface area contributed by atoms with Gasteiger partial charge in [0.05, 0.1) is 19.9 Å². The average molecular weight is 401 g/mol. The Morgan fingerprint density at radius 3 is 2.50 bits per heavy atom. The van der Waals surface area contributed by atoms with E-state index in [4.69, 9.17) is 9.47 Å². The largest absolute Gasteiger partial charge is 0.497 e. The van der Waals surface area contributed by atoms with Gasteiger partial charge in [-0.3, -0.25) is 9.59 Å². The zero-order valence-corrected chi connectivity index (χ0v) is 16.9. The van der Waals surface area contributed by atoms with Crippen LogP contribution in [0, 0.1) is 0 Å². The number of rotatable bonds is 7. The molecule has 0 radical (unpaired) electrons. The van der Waals surface area contributed by atoms with E-state index in [9.17, 15) is 9.59 Å². The summed E-state index contributed by atoms with van der Waals surface area (Å²) in [6.45, 7) is 1.02. The Kier molecular flexibility index (Phi) is 6.81. The molecule has 3 rings (SSSR count). The highest BCUT2D eigenvalue weighted by molar-refractivity contribution is 7.99. The fourth-order valence-electron chi connectivity index (χ4n) is 3.04. The Bertz CT molecular complexity index is 834. The smallest absolute Gasteiger partial charge is 0.227 e. The van der Waals surface area contributed by atoms with Gasteiger partial charge < -0.3 is 19.7 Å². The fourth-order valence-corrected chi connectivity index (χ4v) is 4.04. The topological polar surface area (TPSA) is 67.9 Å². The highest BCUT2D eigenvalue weighted by atomic mass is 32.2. The summed E-state index contributed by atoms with van der Waals surface area (Å²) in [6, 6.07) is 13.3. The molecule has 0 saturated heterocycles. The molecule has 6 nitrogen and oxygen atoms in total. The highest BCUT2D eigenvalue weighted by Crippen LogP contribution is 2.34. The van der Waals surface area contributed by atoms with E-state index >= 15 is 0 Å². The van der Waals surface area contributed by atoms with Gasteiger partial charge in [-0.25, -0.2) is 0 Å². The van der Waals surface area contributed by atoms with Gasteiger partial charge in [0.2, 0.25) is 11.8 Å². The van der Waals surface area contributed by atoms with Gasteiger partial charge in [-0.2, -0.15) is 0 Å². The first-order chi connectivity index (χ1) is 13.6. The lowest BCUT2D eigenvalue weighted by Crippen LogP contribution is -2.36. The highest BCUT2D eigenvalue weighted by Gasteiger charge is 2.22. The second kappa shape index (κ2) is 9.50. The molecule has 0 atom stereocenters. The van der Waals surface area contributed by atoms with Crippen LogP contribution in [-0.4, -0.2) is 38.3 Å². The minimum absolute atomic E-state index is 0.0223. The van der Waals surface area contributed by atoms with Gasteiger partial charge in [-0.1, -0.05) is 12.1 Å². The molecule has 0 aromatic heterocycles. The molecule has 0 fully saturated rings. The zero-order chi connectivity index (χ0) is 19.9. The van der Waals surface area contributed by atoms with Gasteiger partial charge in [0.25, 0.3) is 0 Å². The number of ether oxygens (including phenoxy) is 2. The van der Waals surface area contributed by atoms with Gasteiger partial charge in [-0.05, 0) is 29.8 Å². The Morgan fingerprint density at radius 2 is 1.79 bits per heavy atom. The summed E-state index contributed by atoms with van der Waals surface area (Å²) in [4.78, 5) is 27.7. The molecule has 0 bridgehead atoms. The number of para-hydroxylation sites is 1. The van der Waals surface area contributed by atoms with Crippen molar-refractivity contribution in [3.63, 3.8) is 0 Å². The third kappa shape index (κ3) is 4.98. The third-order valence-electron chi connectivity index (χ3n) is 4.50. The molecule has 2 aromatic carbocycles. The summed E-state index contributed by atoms with van der Waals surface area (Å²) in [5.74, 6) is 2.02. The van der Waals surface area contributed by atoms with Gasteiger partial charge in [0.15, 0.2) is 0 Å². The van der Waals surface area contributed by atoms with Crippen molar-refractivity contribution in [1.29, 1.82) is 0 Å². The average Bonchev–Trinajstić information content (AvgIpc) is 2.75. The number of carbonyl (C=O) groups is 2. The van der Waals surface area contributed by atoms with E-state index in [-0.39, 0.29) is 24.7 Å². The minimum atomic E-state index is -0.158. The quantitative estimate of drug-likeness (QED) is 0.773. The molecular weight excluding hydrogens is 376 g/mol. The minimum Gasteiger partial charge on any atom is -0.497 e. The molecular formula is C21H24N2O4S. The molecule has 1 N–H and O–H groups in total. The number of nitrogens with zero attached hydrogens (tertiary/aromatic N) is 1. The summed E-state index contributed by atoms with van der Waals surface area (Å²) in [6.07, 6.45) is 0.345. The van der Waals surface area contributed by atoms with Crippen LogP contribution < -0.4 is 19.7 Å². The number of methoxy groups -OCH3 is 2. The number of nitrogens with one attached hydrogen (secondary N) is 1. The maximum atomic E-state index is 12.6. The van der Waals surface area contributed by atoms with Crippen molar-refractivity contribution in [3.8, 4) is 11.5 Å². The number of fused-ring (bicyclic) bond motifs is 1. The van der Waals surface area contributed by atoms with Crippen molar-refractivity contribution >= 4 is 29.3 Å². The van der Waals surface area contributed by atoms with Gasteiger partial charge in [0, 0.05) is 42.6 Å². The number of amides is 2. The monoisotopic (exact) mass is 400 g/mol. The maximum absolute atomic E-state index is 12.6. The Hall–Kier alpha value is -2.67. The summed E-state index contributed by atoms with van der Waals surface area (Å²) in [5.41, 5.74) is 1.81. The first-order valence-electron chi connectivity index (χ1n) is 9.11.